The number of nitrogens with one attached hydrogen (secondary N) is 4. The summed E-state index contributed by atoms with van der Waals surface area (Å²) >= 11 is 16.3. The van der Waals surface area contributed by atoms with Crippen LogP contribution in [-0.2, 0) is 4.79 Å². The molecule has 0 atom stereocenters. The molecule has 0 bridgehead atoms. The summed E-state index contributed by atoms with van der Waals surface area (Å²) in [5.41, 5.74) is 1.71. The fourth-order valence-electron chi connectivity index (χ4n) is 2.16. The third-order valence-electron chi connectivity index (χ3n) is 3.62. The Bertz CT molecular complexity index is 936. The van der Waals surface area contributed by atoms with Gasteiger partial charge in [-0.15, -0.1) is 0 Å². The molecule has 4 N–H and O–H groups in total. The molecule has 0 unspecified atom stereocenters. The van der Waals surface area contributed by atoms with Crippen molar-refractivity contribution in [1.29, 1.82) is 0 Å². The fraction of sp³-hybridized carbons (Fsp3) is 0.158. The molecular formula is C19H19ClN4O3S2. The van der Waals surface area contributed by atoms with E-state index in [1.807, 2.05) is 0 Å². The predicted octanol–water partition coefficient (Wildman–Crippen LogP) is 3.70. The monoisotopic (exact) mass is 450 g/mol. The molecule has 0 saturated heterocycles. The second-order valence-electron chi connectivity index (χ2n) is 5.69. The number of carbonyl (C=O) groups excluding carboxylic acids is 2. The quantitative estimate of drug-likeness (QED) is 0.516. The van der Waals surface area contributed by atoms with Gasteiger partial charge in [0.2, 0.25) is 5.91 Å². The van der Waals surface area contributed by atoms with Gasteiger partial charge in [-0.2, -0.15) is 0 Å². The van der Waals surface area contributed by atoms with E-state index in [2.05, 4.69) is 21.3 Å². The van der Waals surface area contributed by atoms with Crippen molar-refractivity contribution in [2.75, 3.05) is 17.7 Å². The molecule has 152 valence electrons. The maximum atomic E-state index is 12.3. The summed E-state index contributed by atoms with van der Waals surface area (Å²) in [4.78, 5) is 23.6. The average Bonchev–Trinajstić information content (AvgIpc) is 2.69. The summed E-state index contributed by atoms with van der Waals surface area (Å²) in [6.07, 6.45) is 0.344. The molecule has 0 aromatic heterocycles. The number of anilines is 2. The SMILES string of the molecule is CCC(=O)NC(=S)Nc1ccc(NC(=S)NC(=O)c2ccc(OC)c(Cl)c2)cc1. The van der Waals surface area contributed by atoms with Crippen LogP contribution in [0.3, 0.4) is 0 Å². The van der Waals surface area contributed by atoms with Crippen molar-refractivity contribution in [3.8, 4) is 5.75 Å². The van der Waals surface area contributed by atoms with Crippen molar-refractivity contribution in [1.82, 2.24) is 10.6 Å². The lowest BCUT2D eigenvalue weighted by atomic mass is 10.2. The number of halogens is 1. The number of amides is 2. The van der Waals surface area contributed by atoms with E-state index in [9.17, 15) is 9.59 Å². The fourth-order valence-corrected chi connectivity index (χ4v) is 2.86. The van der Waals surface area contributed by atoms with E-state index in [4.69, 9.17) is 40.8 Å². The van der Waals surface area contributed by atoms with E-state index in [1.54, 1.807) is 43.3 Å². The van der Waals surface area contributed by atoms with Gasteiger partial charge in [0.1, 0.15) is 5.75 Å². The Morgan fingerprint density at radius 3 is 2.00 bits per heavy atom. The van der Waals surface area contributed by atoms with Gasteiger partial charge < -0.3 is 20.7 Å². The molecule has 0 fully saturated rings. The second kappa shape index (κ2) is 10.7. The first-order valence-corrected chi connectivity index (χ1v) is 9.68. The highest BCUT2D eigenvalue weighted by atomic mass is 35.5. The molecule has 2 aromatic carbocycles. The predicted molar refractivity (Wildman–Crippen MR) is 123 cm³/mol. The van der Waals surface area contributed by atoms with Crippen molar-refractivity contribution in [3.63, 3.8) is 0 Å². The summed E-state index contributed by atoms with van der Waals surface area (Å²) in [5.74, 6) is -0.0891. The lowest BCUT2D eigenvalue weighted by molar-refractivity contribution is -0.119. The van der Waals surface area contributed by atoms with Gasteiger partial charge in [-0.3, -0.25) is 14.9 Å². The van der Waals surface area contributed by atoms with Gasteiger partial charge in [0.25, 0.3) is 5.91 Å². The average molecular weight is 451 g/mol. The number of methoxy groups -OCH3 is 1. The van der Waals surface area contributed by atoms with Gasteiger partial charge in [-0.05, 0) is 66.9 Å². The molecule has 0 aliphatic heterocycles. The molecule has 0 heterocycles. The molecule has 10 heteroatoms. The highest BCUT2D eigenvalue weighted by Crippen LogP contribution is 2.24. The smallest absolute Gasteiger partial charge is 0.257 e. The van der Waals surface area contributed by atoms with Gasteiger partial charge in [-0.1, -0.05) is 18.5 Å². The standard InChI is InChI=1S/C19H19ClN4O3S2/c1-3-16(25)23-18(28)21-12-5-7-13(8-6-12)22-19(29)24-17(26)11-4-9-15(27-2)14(20)10-11/h4-10H,3H2,1-2H3,(H2,21,23,25,28)(H2,22,24,26,29). The molecule has 0 spiro atoms. The molecule has 2 rings (SSSR count). The van der Waals surface area contributed by atoms with Crippen LogP contribution in [0.15, 0.2) is 42.5 Å². The molecule has 2 amide bonds. The Morgan fingerprint density at radius 2 is 1.52 bits per heavy atom. The van der Waals surface area contributed by atoms with Gasteiger partial charge in [-0.25, -0.2) is 0 Å². The Hall–Kier alpha value is -2.75. The Morgan fingerprint density at radius 1 is 0.966 bits per heavy atom. The topological polar surface area (TPSA) is 91.5 Å². The van der Waals surface area contributed by atoms with Crippen LogP contribution in [0.5, 0.6) is 5.75 Å². The van der Waals surface area contributed by atoms with Gasteiger partial charge in [0.05, 0.1) is 12.1 Å². The number of benzene rings is 2. The highest BCUT2D eigenvalue weighted by molar-refractivity contribution is 7.80. The minimum absolute atomic E-state index is 0.133. The third-order valence-corrected chi connectivity index (χ3v) is 4.32. The first kappa shape index (κ1) is 22.5. The van der Waals surface area contributed by atoms with E-state index in [0.29, 0.717) is 34.1 Å². The van der Waals surface area contributed by atoms with Crippen LogP contribution in [0.4, 0.5) is 11.4 Å². The minimum Gasteiger partial charge on any atom is -0.495 e. The summed E-state index contributed by atoms with van der Waals surface area (Å²) < 4.78 is 5.06. The number of carbonyl (C=O) groups is 2. The second-order valence-corrected chi connectivity index (χ2v) is 6.91. The van der Waals surface area contributed by atoms with Gasteiger partial charge >= 0.3 is 0 Å². The molecule has 7 nitrogen and oxygen atoms in total. The van der Waals surface area contributed by atoms with Crippen LogP contribution in [0.2, 0.25) is 5.02 Å². The maximum absolute atomic E-state index is 12.3. The van der Waals surface area contributed by atoms with Crippen molar-refractivity contribution in [2.45, 2.75) is 13.3 Å². The van der Waals surface area contributed by atoms with E-state index in [1.165, 1.54) is 13.2 Å². The van der Waals surface area contributed by atoms with E-state index in [0.717, 1.165) is 0 Å². The Kier molecular flexibility index (Phi) is 8.32. The number of hydrogen-bond donors (Lipinski definition) is 4. The van der Waals surface area contributed by atoms with E-state index in [-0.39, 0.29) is 16.1 Å². The maximum Gasteiger partial charge on any atom is 0.257 e. The van der Waals surface area contributed by atoms with Crippen LogP contribution in [0.25, 0.3) is 0 Å². The summed E-state index contributed by atoms with van der Waals surface area (Å²) in [7, 11) is 1.50. The van der Waals surface area contributed by atoms with Gasteiger partial charge in [0.15, 0.2) is 10.2 Å². The van der Waals surface area contributed by atoms with Crippen molar-refractivity contribution < 1.29 is 14.3 Å². The molecule has 0 saturated carbocycles. The highest BCUT2D eigenvalue weighted by Gasteiger charge is 2.11. The molecule has 0 aliphatic rings. The third kappa shape index (κ3) is 6.97. The van der Waals surface area contributed by atoms with Crippen LogP contribution < -0.4 is 26.0 Å². The Labute approximate surface area is 184 Å². The van der Waals surface area contributed by atoms with Gasteiger partial charge in [0, 0.05) is 23.4 Å². The number of rotatable bonds is 5. The minimum atomic E-state index is -0.401. The van der Waals surface area contributed by atoms with Crippen LogP contribution in [0, 0.1) is 0 Å². The zero-order valence-corrected chi connectivity index (χ0v) is 18.1. The van der Waals surface area contributed by atoms with Crippen LogP contribution >= 0.6 is 36.0 Å². The van der Waals surface area contributed by atoms with E-state index >= 15 is 0 Å². The van der Waals surface area contributed by atoms with Crippen molar-refractivity contribution >= 4 is 69.5 Å². The lowest BCUT2D eigenvalue weighted by Crippen LogP contribution is -2.34. The van der Waals surface area contributed by atoms with Crippen LogP contribution in [0.1, 0.15) is 23.7 Å². The van der Waals surface area contributed by atoms with Crippen LogP contribution in [-0.4, -0.2) is 29.1 Å². The Balaban J connectivity index is 1.90. The summed E-state index contributed by atoms with van der Waals surface area (Å²) in [5, 5.41) is 11.6. The van der Waals surface area contributed by atoms with Crippen molar-refractivity contribution in [3.05, 3.63) is 53.1 Å². The number of thiocarbonyl (C=S) groups is 2. The molecule has 29 heavy (non-hydrogen) atoms. The molecule has 0 radical (unpaired) electrons. The summed E-state index contributed by atoms with van der Waals surface area (Å²) in [6.45, 7) is 1.74. The largest absolute Gasteiger partial charge is 0.495 e. The summed E-state index contributed by atoms with van der Waals surface area (Å²) in [6, 6.07) is 11.7. The van der Waals surface area contributed by atoms with Crippen molar-refractivity contribution in [2.24, 2.45) is 0 Å². The lowest BCUT2D eigenvalue weighted by Gasteiger charge is -2.12. The number of hydrogen-bond acceptors (Lipinski definition) is 5. The zero-order valence-electron chi connectivity index (χ0n) is 15.7. The zero-order chi connectivity index (χ0) is 21.4. The first-order valence-electron chi connectivity index (χ1n) is 8.49. The molecule has 0 aliphatic carbocycles. The van der Waals surface area contributed by atoms with E-state index < -0.39 is 5.91 Å². The first-order chi connectivity index (χ1) is 13.8. The number of ether oxygens (including phenoxy) is 1. The normalized spacial score (nSPS) is 9.90. The molecule has 2 aromatic rings. The molecular weight excluding hydrogens is 432 g/mol.